The van der Waals surface area contributed by atoms with Gasteiger partial charge in [0.15, 0.2) is 0 Å². The van der Waals surface area contributed by atoms with Crippen LogP contribution in [0.25, 0.3) is 0 Å². The Balaban J connectivity index is 2.48. The molecule has 1 aromatic heterocycles. The van der Waals surface area contributed by atoms with Crippen molar-refractivity contribution in [2.24, 2.45) is 0 Å². The fourth-order valence-electron chi connectivity index (χ4n) is 1.55. The molecule has 0 aliphatic heterocycles. The summed E-state index contributed by atoms with van der Waals surface area (Å²) in [5, 5.41) is 8.54. The summed E-state index contributed by atoms with van der Waals surface area (Å²) in [5.74, 6) is -4.07. The van der Waals surface area contributed by atoms with E-state index < -0.39 is 11.9 Å². The van der Waals surface area contributed by atoms with E-state index in [0.29, 0.717) is 5.69 Å². The Labute approximate surface area is 72.4 Å². The first kappa shape index (κ1) is 8.22. The number of carbonyl (C=O) groups is 1. The molecule has 0 saturated heterocycles. The van der Waals surface area contributed by atoms with Crippen molar-refractivity contribution in [2.45, 2.75) is 18.8 Å². The maximum Gasteiger partial charge on any atom is 0.352 e. The largest absolute Gasteiger partial charge is 0.477 e. The van der Waals surface area contributed by atoms with E-state index in [2.05, 4.69) is 4.98 Å². The van der Waals surface area contributed by atoms with Gasteiger partial charge in [-0.15, -0.1) is 0 Å². The summed E-state index contributed by atoms with van der Waals surface area (Å²) in [7, 11) is 0. The summed E-state index contributed by atoms with van der Waals surface area (Å²) in [5.41, 5.74) is 0.0247. The first-order chi connectivity index (χ1) is 6.00. The standard InChI is InChI=1S/C8H7F2NO2/c9-8(10)2-1-5-4(8)3-6(11-5)7(12)13/h3,11H,1-2H2,(H,12,13). The van der Waals surface area contributed by atoms with E-state index in [1.165, 1.54) is 0 Å². The van der Waals surface area contributed by atoms with Crippen LogP contribution in [-0.2, 0) is 12.3 Å². The van der Waals surface area contributed by atoms with Crippen LogP contribution in [-0.4, -0.2) is 16.1 Å². The lowest BCUT2D eigenvalue weighted by atomic mass is 10.2. The van der Waals surface area contributed by atoms with Crippen LogP contribution in [0.5, 0.6) is 0 Å². The van der Waals surface area contributed by atoms with Crippen molar-refractivity contribution in [1.82, 2.24) is 4.98 Å². The van der Waals surface area contributed by atoms with Gasteiger partial charge in [-0.05, 0) is 12.5 Å². The van der Waals surface area contributed by atoms with Gasteiger partial charge in [-0.25, -0.2) is 13.6 Å². The quantitative estimate of drug-likeness (QED) is 0.703. The van der Waals surface area contributed by atoms with Gasteiger partial charge in [0.25, 0.3) is 5.92 Å². The van der Waals surface area contributed by atoms with Gasteiger partial charge in [0.2, 0.25) is 0 Å². The maximum absolute atomic E-state index is 13.0. The lowest BCUT2D eigenvalue weighted by Gasteiger charge is -2.06. The molecule has 1 aromatic rings. The highest BCUT2D eigenvalue weighted by Crippen LogP contribution is 2.41. The molecule has 0 saturated carbocycles. The minimum Gasteiger partial charge on any atom is -0.477 e. The molecular formula is C8H7F2NO2. The average molecular weight is 187 g/mol. The second-order valence-corrected chi connectivity index (χ2v) is 3.08. The van der Waals surface area contributed by atoms with Crippen LogP contribution in [0.1, 0.15) is 28.2 Å². The second kappa shape index (κ2) is 2.31. The van der Waals surface area contributed by atoms with Crippen molar-refractivity contribution in [2.75, 3.05) is 0 Å². The molecule has 1 heterocycles. The molecule has 13 heavy (non-hydrogen) atoms. The Morgan fingerprint density at radius 1 is 1.62 bits per heavy atom. The molecular weight excluding hydrogens is 180 g/mol. The third kappa shape index (κ3) is 1.11. The second-order valence-electron chi connectivity index (χ2n) is 3.08. The molecule has 0 bridgehead atoms. The number of aromatic amines is 1. The molecule has 0 radical (unpaired) electrons. The molecule has 0 atom stereocenters. The molecule has 5 heteroatoms. The number of halogens is 2. The topological polar surface area (TPSA) is 53.1 Å². The molecule has 3 nitrogen and oxygen atoms in total. The molecule has 1 aliphatic carbocycles. The number of carboxylic acids is 1. The Kier molecular flexibility index (Phi) is 1.46. The minimum absolute atomic E-state index is 0.162. The van der Waals surface area contributed by atoms with E-state index in [4.69, 9.17) is 5.11 Å². The maximum atomic E-state index is 13.0. The van der Waals surface area contributed by atoms with Crippen LogP contribution in [0.4, 0.5) is 8.78 Å². The average Bonchev–Trinajstić information content (AvgIpc) is 2.53. The Morgan fingerprint density at radius 3 is 2.85 bits per heavy atom. The van der Waals surface area contributed by atoms with Crippen LogP contribution < -0.4 is 0 Å². The zero-order valence-electron chi connectivity index (χ0n) is 6.60. The summed E-state index contributed by atoms with van der Waals surface area (Å²) in [6.07, 6.45) is -0.0102. The van der Waals surface area contributed by atoms with Crippen LogP contribution in [0.15, 0.2) is 6.07 Å². The molecule has 1 aliphatic rings. The number of nitrogens with one attached hydrogen (secondary N) is 1. The highest BCUT2D eigenvalue weighted by atomic mass is 19.3. The van der Waals surface area contributed by atoms with Gasteiger partial charge in [0, 0.05) is 17.7 Å². The van der Waals surface area contributed by atoms with E-state index in [1.54, 1.807) is 0 Å². The van der Waals surface area contributed by atoms with Crippen molar-refractivity contribution in [3.63, 3.8) is 0 Å². The summed E-state index contributed by atoms with van der Waals surface area (Å²) in [4.78, 5) is 12.9. The summed E-state index contributed by atoms with van der Waals surface area (Å²) < 4.78 is 26.0. The van der Waals surface area contributed by atoms with Gasteiger partial charge in [0.05, 0.1) is 0 Å². The molecule has 0 amide bonds. The van der Waals surface area contributed by atoms with E-state index in [1.807, 2.05) is 0 Å². The molecule has 2 rings (SSSR count). The number of rotatable bonds is 1. The third-order valence-corrected chi connectivity index (χ3v) is 2.21. The molecule has 0 fully saturated rings. The number of aromatic carboxylic acids is 1. The third-order valence-electron chi connectivity index (χ3n) is 2.21. The van der Waals surface area contributed by atoms with Crippen LogP contribution in [0.3, 0.4) is 0 Å². The Hall–Kier alpha value is -1.39. The summed E-state index contributed by atoms with van der Waals surface area (Å²) in [6.45, 7) is 0. The first-order valence-electron chi connectivity index (χ1n) is 3.84. The lowest BCUT2D eigenvalue weighted by molar-refractivity contribution is -0.00179. The van der Waals surface area contributed by atoms with Gasteiger partial charge in [-0.1, -0.05) is 0 Å². The number of carboxylic acid groups (broad SMARTS) is 1. The van der Waals surface area contributed by atoms with E-state index >= 15 is 0 Å². The molecule has 0 spiro atoms. The predicted octanol–water partition coefficient (Wildman–Crippen LogP) is 1.75. The number of H-pyrrole nitrogens is 1. The minimum atomic E-state index is -2.86. The SMILES string of the molecule is O=C(O)c1cc2c([nH]1)CCC2(F)F. The monoisotopic (exact) mass is 187 g/mol. The normalized spacial score (nSPS) is 18.6. The Morgan fingerprint density at radius 2 is 2.31 bits per heavy atom. The highest BCUT2D eigenvalue weighted by Gasteiger charge is 2.41. The van der Waals surface area contributed by atoms with Crippen LogP contribution in [0.2, 0.25) is 0 Å². The van der Waals surface area contributed by atoms with Crippen molar-refractivity contribution in [1.29, 1.82) is 0 Å². The van der Waals surface area contributed by atoms with E-state index in [0.717, 1.165) is 6.07 Å². The fraction of sp³-hybridized carbons (Fsp3) is 0.375. The number of fused-ring (bicyclic) bond motifs is 1. The van der Waals surface area contributed by atoms with Gasteiger partial charge in [-0.2, -0.15) is 0 Å². The highest BCUT2D eigenvalue weighted by molar-refractivity contribution is 5.86. The van der Waals surface area contributed by atoms with Crippen LogP contribution >= 0.6 is 0 Å². The smallest absolute Gasteiger partial charge is 0.352 e. The molecule has 70 valence electrons. The fourth-order valence-corrected chi connectivity index (χ4v) is 1.55. The summed E-state index contributed by atoms with van der Waals surface area (Å²) >= 11 is 0. The predicted molar refractivity (Wildman–Crippen MR) is 40.0 cm³/mol. The van der Waals surface area contributed by atoms with Gasteiger partial charge in [-0.3, -0.25) is 0 Å². The van der Waals surface area contributed by atoms with Crippen LogP contribution in [0, 0.1) is 0 Å². The Bertz CT molecular complexity index is 370. The van der Waals surface area contributed by atoms with E-state index in [9.17, 15) is 13.6 Å². The molecule has 0 aromatic carbocycles. The summed E-state index contributed by atoms with van der Waals surface area (Å²) in [6, 6.07) is 1.02. The van der Waals surface area contributed by atoms with Gasteiger partial charge < -0.3 is 10.1 Å². The number of hydrogen-bond acceptors (Lipinski definition) is 1. The first-order valence-corrected chi connectivity index (χ1v) is 3.84. The zero-order chi connectivity index (χ0) is 9.64. The van der Waals surface area contributed by atoms with Crippen molar-refractivity contribution < 1.29 is 18.7 Å². The molecule has 2 N–H and O–H groups in total. The van der Waals surface area contributed by atoms with Crippen molar-refractivity contribution in [3.05, 3.63) is 23.0 Å². The molecule has 0 unspecified atom stereocenters. The van der Waals surface area contributed by atoms with Gasteiger partial charge >= 0.3 is 5.97 Å². The van der Waals surface area contributed by atoms with Gasteiger partial charge in [0.1, 0.15) is 5.69 Å². The van der Waals surface area contributed by atoms with E-state index in [-0.39, 0.29) is 24.1 Å². The number of aryl methyl sites for hydroxylation is 1. The van der Waals surface area contributed by atoms with Crippen molar-refractivity contribution >= 4 is 5.97 Å². The number of hydrogen-bond donors (Lipinski definition) is 2. The number of alkyl halides is 2. The van der Waals surface area contributed by atoms with Crippen molar-refractivity contribution in [3.8, 4) is 0 Å². The zero-order valence-corrected chi connectivity index (χ0v) is 6.60. The lowest BCUT2D eigenvalue weighted by Crippen LogP contribution is -2.07. The number of aromatic nitrogens is 1.